The van der Waals surface area contributed by atoms with Crippen LogP contribution in [-0.2, 0) is 17.8 Å². The molecular formula is C21H17Cl2N3O. The normalized spacial score (nSPS) is 13.8. The zero-order chi connectivity index (χ0) is 18.8. The van der Waals surface area contributed by atoms with E-state index in [1.807, 2.05) is 53.4 Å². The van der Waals surface area contributed by atoms with Gasteiger partial charge in [0.1, 0.15) is 0 Å². The Kier molecular flexibility index (Phi) is 5.01. The number of fused-ring (bicyclic) bond motifs is 1. The summed E-state index contributed by atoms with van der Waals surface area (Å²) in [6, 6.07) is 15.0. The second-order valence-corrected chi connectivity index (χ2v) is 7.31. The van der Waals surface area contributed by atoms with Crippen molar-refractivity contribution in [3.63, 3.8) is 0 Å². The second-order valence-electron chi connectivity index (χ2n) is 6.44. The van der Waals surface area contributed by atoms with Crippen LogP contribution < -0.4 is 0 Å². The molecule has 6 heteroatoms. The van der Waals surface area contributed by atoms with Gasteiger partial charge in [-0.3, -0.25) is 9.89 Å². The molecule has 4 nitrogen and oxygen atoms in total. The minimum atomic E-state index is -0.0288. The number of benzene rings is 2. The smallest absolute Gasteiger partial charge is 0.246 e. The quantitative estimate of drug-likeness (QED) is 0.633. The SMILES string of the molecule is O=C(/C=C/c1cccc(Cl)c1)N1CCc2[nH]nc(-c3cccc(Cl)c3)c2C1. The molecule has 0 radical (unpaired) electrons. The molecule has 1 aromatic heterocycles. The first kappa shape index (κ1) is 17.8. The summed E-state index contributed by atoms with van der Waals surface area (Å²) >= 11 is 12.1. The Balaban J connectivity index is 1.54. The molecule has 2 aromatic carbocycles. The van der Waals surface area contributed by atoms with Crippen LogP contribution in [0.25, 0.3) is 17.3 Å². The number of aromatic amines is 1. The summed E-state index contributed by atoms with van der Waals surface area (Å²) in [4.78, 5) is 14.5. The maximum absolute atomic E-state index is 12.6. The number of rotatable bonds is 3. The summed E-state index contributed by atoms with van der Waals surface area (Å²) in [5.74, 6) is -0.0288. The van der Waals surface area contributed by atoms with Crippen LogP contribution in [0.15, 0.2) is 54.6 Å². The molecule has 1 N–H and O–H groups in total. The highest BCUT2D eigenvalue weighted by Gasteiger charge is 2.24. The molecule has 0 unspecified atom stereocenters. The van der Waals surface area contributed by atoms with E-state index in [0.717, 1.165) is 34.5 Å². The first-order chi connectivity index (χ1) is 13.1. The van der Waals surface area contributed by atoms with Crippen LogP contribution in [0.5, 0.6) is 0 Å². The monoisotopic (exact) mass is 397 g/mol. The number of carbonyl (C=O) groups is 1. The average molecular weight is 398 g/mol. The number of nitrogens with zero attached hydrogens (tertiary/aromatic N) is 2. The minimum Gasteiger partial charge on any atom is -0.334 e. The van der Waals surface area contributed by atoms with E-state index in [1.165, 1.54) is 0 Å². The van der Waals surface area contributed by atoms with Gasteiger partial charge >= 0.3 is 0 Å². The molecule has 27 heavy (non-hydrogen) atoms. The van der Waals surface area contributed by atoms with Gasteiger partial charge in [0.25, 0.3) is 0 Å². The van der Waals surface area contributed by atoms with Gasteiger partial charge in [0, 0.05) is 52.5 Å². The molecule has 0 saturated carbocycles. The molecule has 0 spiro atoms. The van der Waals surface area contributed by atoms with Crippen molar-refractivity contribution in [2.45, 2.75) is 13.0 Å². The van der Waals surface area contributed by atoms with E-state index in [9.17, 15) is 4.79 Å². The molecule has 136 valence electrons. The van der Waals surface area contributed by atoms with Gasteiger partial charge in [-0.1, -0.05) is 47.5 Å². The van der Waals surface area contributed by atoms with Crippen molar-refractivity contribution in [1.29, 1.82) is 0 Å². The molecule has 0 fully saturated rings. The van der Waals surface area contributed by atoms with E-state index in [-0.39, 0.29) is 5.91 Å². The largest absolute Gasteiger partial charge is 0.334 e. The maximum Gasteiger partial charge on any atom is 0.246 e. The van der Waals surface area contributed by atoms with Crippen LogP contribution in [0.3, 0.4) is 0 Å². The third kappa shape index (κ3) is 3.92. The lowest BCUT2D eigenvalue weighted by Crippen LogP contribution is -2.34. The molecule has 0 bridgehead atoms. The Labute approximate surface area is 167 Å². The molecule has 0 saturated heterocycles. The Morgan fingerprint density at radius 1 is 1.11 bits per heavy atom. The van der Waals surface area contributed by atoms with E-state index < -0.39 is 0 Å². The molecule has 0 aliphatic carbocycles. The predicted molar refractivity (Wildman–Crippen MR) is 109 cm³/mol. The zero-order valence-electron chi connectivity index (χ0n) is 14.5. The Morgan fingerprint density at radius 3 is 2.67 bits per heavy atom. The molecule has 0 atom stereocenters. The Morgan fingerprint density at radius 2 is 1.89 bits per heavy atom. The zero-order valence-corrected chi connectivity index (χ0v) is 16.0. The van der Waals surface area contributed by atoms with Crippen molar-refractivity contribution < 1.29 is 4.79 Å². The van der Waals surface area contributed by atoms with Gasteiger partial charge in [-0.05, 0) is 35.9 Å². The second kappa shape index (κ2) is 7.59. The number of nitrogens with one attached hydrogen (secondary N) is 1. The van der Waals surface area contributed by atoms with Gasteiger partial charge in [0.2, 0.25) is 5.91 Å². The van der Waals surface area contributed by atoms with Crippen LogP contribution in [-0.4, -0.2) is 27.5 Å². The summed E-state index contributed by atoms with van der Waals surface area (Å²) in [5.41, 5.74) is 4.82. The highest BCUT2D eigenvalue weighted by Crippen LogP contribution is 2.29. The minimum absolute atomic E-state index is 0.0288. The van der Waals surface area contributed by atoms with Crippen LogP contribution in [0.1, 0.15) is 16.8 Å². The van der Waals surface area contributed by atoms with E-state index in [1.54, 1.807) is 12.2 Å². The first-order valence-corrected chi connectivity index (χ1v) is 9.40. The molecule has 1 aliphatic heterocycles. The van der Waals surface area contributed by atoms with Gasteiger partial charge < -0.3 is 4.90 Å². The van der Waals surface area contributed by atoms with E-state index in [4.69, 9.17) is 23.2 Å². The van der Waals surface area contributed by atoms with Crippen LogP contribution in [0, 0.1) is 0 Å². The van der Waals surface area contributed by atoms with Gasteiger partial charge in [-0.15, -0.1) is 0 Å². The van der Waals surface area contributed by atoms with Crippen LogP contribution in [0.2, 0.25) is 10.0 Å². The highest BCUT2D eigenvalue weighted by atomic mass is 35.5. The average Bonchev–Trinajstić information content (AvgIpc) is 3.09. The fraction of sp³-hybridized carbons (Fsp3) is 0.143. The summed E-state index contributed by atoms with van der Waals surface area (Å²) in [7, 11) is 0. The lowest BCUT2D eigenvalue weighted by atomic mass is 10.0. The van der Waals surface area contributed by atoms with Crippen molar-refractivity contribution in [3.8, 4) is 11.3 Å². The van der Waals surface area contributed by atoms with Crippen molar-refractivity contribution >= 4 is 35.2 Å². The summed E-state index contributed by atoms with van der Waals surface area (Å²) in [6.45, 7) is 1.18. The summed E-state index contributed by atoms with van der Waals surface area (Å²) in [5, 5.41) is 8.87. The topological polar surface area (TPSA) is 49.0 Å². The van der Waals surface area contributed by atoms with Gasteiger partial charge in [-0.2, -0.15) is 5.10 Å². The molecule has 3 aromatic rings. The molecule has 2 heterocycles. The number of carbonyl (C=O) groups excluding carboxylic acids is 1. The van der Waals surface area contributed by atoms with Crippen molar-refractivity contribution in [3.05, 3.63) is 81.5 Å². The van der Waals surface area contributed by atoms with Crippen molar-refractivity contribution in [2.24, 2.45) is 0 Å². The number of hydrogen-bond acceptors (Lipinski definition) is 2. The number of halogens is 2. The maximum atomic E-state index is 12.6. The first-order valence-electron chi connectivity index (χ1n) is 8.65. The number of hydrogen-bond donors (Lipinski definition) is 1. The molecular weight excluding hydrogens is 381 g/mol. The van der Waals surface area contributed by atoms with Gasteiger partial charge in [-0.25, -0.2) is 0 Å². The van der Waals surface area contributed by atoms with E-state index >= 15 is 0 Å². The van der Waals surface area contributed by atoms with Crippen molar-refractivity contribution in [2.75, 3.05) is 6.54 Å². The Bertz CT molecular complexity index is 1030. The van der Waals surface area contributed by atoms with Crippen molar-refractivity contribution in [1.82, 2.24) is 15.1 Å². The predicted octanol–water partition coefficient (Wildman–Crippen LogP) is 4.98. The van der Waals surface area contributed by atoms with Gasteiger partial charge in [0.05, 0.1) is 5.69 Å². The lowest BCUT2D eigenvalue weighted by molar-refractivity contribution is -0.126. The summed E-state index contributed by atoms with van der Waals surface area (Å²) < 4.78 is 0. The number of amides is 1. The van der Waals surface area contributed by atoms with E-state index in [0.29, 0.717) is 23.1 Å². The van der Waals surface area contributed by atoms with Gasteiger partial charge in [0.15, 0.2) is 0 Å². The van der Waals surface area contributed by atoms with Crippen LogP contribution >= 0.6 is 23.2 Å². The molecule has 1 aliphatic rings. The summed E-state index contributed by atoms with van der Waals surface area (Å²) in [6.07, 6.45) is 4.13. The fourth-order valence-electron chi connectivity index (χ4n) is 3.24. The molecule has 4 rings (SSSR count). The standard InChI is InChI=1S/C21H17Cl2N3O/c22-16-5-1-3-14(11-16)7-8-20(27)26-10-9-19-18(13-26)21(25-24-19)15-4-2-6-17(23)12-15/h1-8,11-12H,9-10,13H2,(H,24,25)/b8-7+. The number of H-pyrrole nitrogens is 1. The fourth-order valence-corrected chi connectivity index (χ4v) is 3.63. The molecule has 1 amide bonds. The number of aromatic nitrogens is 2. The third-order valence-corrected chi connectivity index (χ3v) is 5.08. The lowest BCUT2D eigenvalue weighted by Gasteiger charge is -2.26. The highest BCUT2D eigenvalue weighted by molar-refractivity contribution is 6.31. The van der Waals surface area contributed by atoms with Crippen LogP contribution in [0.4, 0.5) is 0 Å². The third-order valence-electron chi connectivity index (χ3n) is 4.61. The van der Waals surface area contributed by atoms with E-state index in [2.05, 4.69) is 10.2 Å². The Hall–Kier alpha value is -2.56.